The molecule has 0 spiro atoms. The van der Waals surface area contributed by atoms with E-state index in [4.69, 9.17) is 0 Å². The molecular formula is C20H16BrN3O. The third-order valence-corrected chi connectivity index (χ3v) is 4.75. The highest BCUT2D eigenvalue weighted by atomic mass is 79.9. The van der Waals surface area contributed by atoms with Gasteiger partial charge in [0.2, 0.25) is 0 Å². The second-order valence-electron chi connectivity index (χ2n) is 6.04. The molecule has 0 unspecified atom stereocenters. The average Bonchev–Trinajstić information content (AvgIpc) is 3.10. The Kier molecular flexibility index (Phi) is 3.81. The van der Waals surface area contributed by atoms with E-state index >= 15 is 0 Å². The monoisotopic (exact) mass is 393 g/mol. The summed E-state index contributed by atoms with van der Waals surface area (Å²) < 4.78 is 4.56. The van der Waals surface area contributed by atoms with Crippen molar-refractivity contribution in [2.45, 2.75) is 13.8 Å². The standard InChI is InChI=1S/C20H16BrN3O/c1-13-5-8-18(23-9-3-4-10-23)19(11-13)24-14(2)22-17-7-6-15(21)12-16(17)20(24)25/h3-12H,1-2H3. The van der Waals surface area contributed by atoms with Crippen LogP contribution in [0.3, 0.4) is 0 Å². The van der Waals surface area contributed by atoms with Gasteiger partial charge < -0.3 is 4.57 Å². The van der Waals surface area contributed by atoms with Crippen molar-refractivity contribution in [1.29, 1.82) is 0 Å². The molecule has 0 bridgehead atoms. The van der Waals surface area contributed by atoms with Gasteiger partial charge in [-0.15, -0.1) is 0 Å². The van der Waals surface area contributed by atoms with Gasteiger partial charge in [0, 0.05) is 16.9 Å². The minimum atomic E-state index is -0.0668. The summed E-state index contributed by atoms with van der Waals surface area (Å²) in [7, 11) is 0. The quantitative estimate of drug-likeness (QED) is 0.500. The van der Waals surface area contributed by atoms with Crippen LogP contribution in [0.2, 0.25) is 0 Å². The lowest BCUT2D eigenvalue weighted by atomic mass is 10.1. The number of fused-ring (bicyclic) bond motifs is 1. The molecule has 124 valence electrons. The van der Waals surface area contributed by atoms with Crippen molar-refractivity contribution in [2.75, 3.05) is 0 Å². The van der Waals surface area contributed by atoms with E-state index in [-0.39, 0.29) is 5.56 Å². The molecule has 0 aliphatic carbocycles. The number of nitrogens with zero attached hydrogens (tertiary/aromatic N) is 3. The number of halogens is 1. The van der Waals surface area contributed by atoms with Crippen LogP contribution in [-0.2, 0) is 0 Å². The fourth-order valence-corrected chi connectivity index (χ4v) is 3.44. The van der Waals surface area contributed by atoms with Gasteiger partial charge >= 0.3 is 0 Å². The van der Waals surface area contributed by atoms with E-state index in [1.165, 1.54) is 0 Å². The van der Waals surface area contributed by atoms with Crippen molar-refractivity contribution in [3.63, 3.8) is 0 Å². The second-order valence-corrected chi connectivity index (χ2v) is 6.96. The predicted molar refractivity (Wildman–Crippen MR) is 104 cm³/mol. The average molecular weight is 394 g/mol. The SMILES string of the molecule is Cc1ccc(-n2cccc2)c(-n2c(C)nc3ccc(Br)cc3c2=O)c1. The maximum absolute atomic E-state index is 13.2. The topological polar surface area (TPSA) is 39.8 Å². The van der Waals surface area contributed by atoms with Crippen LogP contribution in [0.25, 0.3) is 22.3 Å². The summed E-state index contributed by atoms with van der Waals surface area (Å²) in [5.74, 6) is 0.666. The molecule has 4 aromatic rings. The molecule has 0 amide bonds. The molecule has 2 aromatic heterocycles. The van der Waals surface area contributed by atoms with E-state index in [2.05, 4.69) is 20.9 Å². The van der Waals surface area contributed by atoms with Gasteiger partial charge in [-0.05, 0) is 61.9 Å². The van der Waals surface area contributed by atoms with E-state index in [0.29, 0.717) is 16.7 Å². The Morgan fingerprint density at radius 3 is 2.48 bits per heavy atom. The molecule has 4 rings (SSSR count). The Balaban J connectivity index is 2.09. The highest BCUT2D eigenvalue weighted by Gasteiger charge is 2.14. The number of benzene rings is 2. The number of hydrogen-bond acceptors (Lipinski definition) is 2. The molecule has 0 N–H and O–H groups in total. The summed E-state index contributed by atoms with van der Waals surface area (Å²) >= 11 is 3.44. The number of aryl methyl sites for hydroxylation is 2. The fourth-order valence-electron chi connectivity index (χ4n) is 3.08. The first kappa shape index (κ1) is 15.8. The van der Waals surface area contributed by atoms with Crippen molar-refractivity contribution >= 4 is 26.8 Å². The van der Waals surface area contributed by atoms with E-state index in [1.807, 2.05) is 79.3 Å². The van der Waals surface area contributed by atoms with Crippen LogP contribution >= 0.6 is 15.9 Å². The molecule has 0 atom stereocenters. The second kappa shape index (κ2) is 6.01. The Labute approximate surface area is 153 Å². The first-order valence-electron chi connectivity index (χ1n) is 7.98. The largest absolute Gasteiger partial charge is 0.322 e. The van der Waals surface area contributed by atoms with Crippen LogP contribution in [0, 0.1) is 13.8 Å². The Morgan fingerprint density at radius 2 is 1.72 bits per heavy atom. The maximum atomic E-state index is 13.2. The summed E-state index contributed by atoms with van der Waals surface area (Å²) in [6.45, 7) is 3.89. The van der Waals surface area contributed by atoms with E-state index in [0.717, 1.165) is 21.4 Å². The summed E-state index contributed by atoms with van der Waals surface area (Å²) in [6, 6.07) is 15.6. The maximum Gasteiger partial charge on any atom is 0.266 e. The van der Waals surface area contributed by atoms with Gasteiger partial charge in [0.05, 0.1) is 22.3 Å². The van der Waals surface area contributed by atoms with Crippen molar-refractivity contribution < 1.29 is 0 Å². The van der Waals surface area contributed by atoms with Crippen molar-refractivity contribution in [2.24, 2.45) is 0 Å². The minimum Gasteiger partial charge on any atom is -0.322 e. The van der Waals surface area contributed by atoms with Gasteiger partial charge in [-0.2, -0.15) is 0 Å². The van der Waals surface area contributed by atoms with E-state index < -0.39 is 0 Å². The normalized spacial score (nSPS) is 11.2. The van der Waals surface area contributed by atoms with Gasteiger partial charge in [0.1, 0.15) is 5.82 Å². The minimum absolute atomic E-state index is 0.0668. The van der Waals surface area contributed by atoms with Crippen molar-refractivity contribution in [3.05, 3.63) is 87.1 Å². The lowest BCUT2D eigenvalue weighted by Crippen LogP contribution is -2.23. The van der Waals surface area contributed by atoms with Crippen LogP contribution in [-0.4, -0.2) is 14.1 Å². The predicted octanol–water partition coefficient (Wildman–Crippen LogP) is 4.56. The van der Waals surface area contributed by atoms with Crippen LogP contribution in [0.15, 0.2) is 70.2 Å². The van der Waals surface area contributed by atoms with Gasteiger partial charge in [-0.3, -0.25) is 9.36 Å². The molecule has 2 heterocycles. The molecular weight excluding hydrogens is 378 g/mol. The van der Waals surface area contributed by atoms with E-state index in [1.54, 1.807) is 4.57 Å². The lowest BCUT2D eigenvalue weighted by Gasteiger charge is -2.16. The first-order valence-corrected chi connectivity index (χ1v) is 8.77. The molecule has 5 heteroatoms. The molecule has 25 heavy (non-hydrogen) atoms. The molecule has 0 radical (unpaired) electrons. The molecule has 4 nitrogen and oxygen atoms in total. The summed E-state index contributed by atoms with van der Waals surface area (Å²) in [5, 5.41) is 0.597. The van der Waals surface area contributed by atoms with Crippen LogP contribution in [0.1, 0.15) is 11.4 Å². The smallest absolute Gasteiger partial charge is 0.266 e. The van der Waals surface area contributed by atoms with Gasteiger partial charge in [0.25, 0.3) is 5.56 Å². The molecule has 0 aliphatic heterocycles. The van der Waals surface area contributed by atoms with Crippen molar-refractivity contribution in [1.82, 2.24) is 14.1 Å². The number of aromatic nitrogens is 3. The Bertz CT molecular complexity index is 1140. The summed E-state index contributed by atoms with van der Waals surface area (Å²) in [6.07, 6.45) is 3.94. The molecule has 0 saturated carbocycles. The van der Waals surface area contributed by atoms with Crippen LogP contribution in [0.4, 0.5) is 0 Å². The third-order valence-electron chi connectivity index (χ3n) is 4.25. The zero-order valence-electron chi connectivity index (χ0n) is 13.9. The van der Waals surface area contributed by atoms with Crippen molar-refractivity contribution in [3.8, 4) is 11.4 Å². The molecule has 2 aromatic carbocycles. The summed E-state index contributed by atoms with van der Waals surface area (Å²) in [5.41, 5.74) is 3.50. The Hall–Kier alpha value is -2.66. The van der Waals surface area contributed by atoms with E-state index in [9.17, 15) is 4.79 Å². The molecule has 0 aliphatic rings. The van der Waals surface area contributed by atoms with Crippen LogP contribution in [0.5, 0.6) is 0 Å². The zero-order chi connectivity index (χ0) is 17.6. The highest BCUT2D eigenvalue weighted by Crippen LogP contribution is 2.23. The first-order chi connectivity index (χ1) is 12.0. The highest BCUT2D eigenvalue weighted by molar-refractivity contribution is 9.10. The van der Waals surface area contributed by atoms with Gasteiger partial charge in [-0.25, -0.2) is 4.98 Å². The summed E-state index contributed by atoms with van der Waals surface area (Å²) in [4.78, 5) is 17.9. The lowest BCUT2D eigenvalue weighted by molar-refractivity contribution is 0.878. The number of hydrogen-bond donors (Lipinski definition) is 0. The fraction of sp³-hybridized carbons (Fsp3) is 0.100. The Morgan fingerprint density at radius 1 is 0.960 bits per heavy atom. The molecule has 0 fully saturated rings. The third kappa shape index (κ3) is 2.70. The van der Waals surface area contributed by atoms with Crippen LogP contribution < -0.4 is 5.56 Å². The zero-order valence-corrected chi connectivity index (χ0v) is 15.5. The molecule has 0 saturated heterocycles. The van der Waals surface area contributed by atoms with Gasteiger partial charge in [0.15, 0.2) is 0 Å². The number of rotatable bonds is 2. The van der Waals surface area contributed by atoms with Gasteiger partial charge in [-0.1, -0.05) is 22.0 Å².